The average Bonchev–Trinajstić information content (AvgIpc) is 2.86. The van der Waals surface area contributed by atoms with Crippen LogP contribution in [0.15, 0.2) is 48.5 Å². The van der Waals surface area contributed by atoms with Gasteiger partial charge in [0.2, 0.25) is 11.8 Å². The molecule has 3 N–H and O–H groups in total. The second-order valence-corrected chi connectivity index (χ2v) is 11.9. The Hall–Kier alpha value is -3.55. The summed E-state index contributed by atoms with van der Waals surface area (Å²) < 4.78 is 11.7. The predicted octanol–water partition coefficient (Wildman–Crippen LogP) is 4.76. The molecule has 0 aromatic heterocycles. The quantitative estimate of drug-likeness (QED) is 0.313. The van der Waals surface area contributed by atoms with E-state index in [0.717, 1.165) is 16.9 Å². The number of benzene rings is 2. The van der Waals surface area contributed by atoms with Crippen molar-refractivity contribution in [3.05, 3.63) is 59.7 Å². The van der Waals surface area contributed by atoms with Crippen molar-refractivity contribution in [3.8, 4) is 11.5 Å². The van der Waals surface area contributed by atoms with Crippen LogP contribution in [0, 0.1) is 5.92 Å². The van der Waals surface area contributed by atoms with Crippen molar-refractivity contribution < 1.29 is 23.9 Å². The molecule has 0 radical (unpaired) electrons. The summed E-state index contributed by atoms with van der Waals surface area (Å²) in [6.07, 6.45) is 1.06. The van der Waals surface area contributed by atoms with Gasteiger partial charge in [0.25, 0.3) is 5.91 Å². The van der Waals surface area contributed by atoms with E-state index in [1.165, 1.54) is 0 Å². The van der Waals surface area contributed by atoms with E-state index >= 15 is 0 Å². The van der Waals surface area contributed by atoms with Crippen molar-refractivity contribution in [2.24, 2.45) is 5.92 Å². The molecule has 0 aliphatic rings. The van der Waals surface area contributed by atoms with Gasteiger partial charge >= 0.3 is 0 Å². The fourth-order valence-electron chi connectivity index (χ4n) is 4.35. The van der Waals surface area contributed by atoms with Gasteiger partial charge in [-0.1, -0.05) is 58.0 Å². The van der Waals surface area contributed by atoms with Gasteiger partial charge < -0.3 is 25.4 Å². The van der Waals surface area contributed by atoms with Crippen molar-refractivity contribution in [2.45, 2.75) is 91.3 Å². The Morgan fingerprint density at radius 3 is 2.10 bits per heavy atom. The Balaban J connectivity index is 2.20. The molecule has 8 nitrogen and oxygen atoms in total. The average molecular weight is 554 g/mol. The number of ether oxygens (including phenoxy) is 2. The summed E-state index contributed by atoms with van der Waals surface area (Å²) in [5.74, 6) is 0.970. The largest absolute Gasteiger partial charge is 0.488 e. The summed E-state index contributed by atoms with van der Waals surface area (Å²) in [6.45, 7) is 13.9. The standard InChI is InChI=1S/C32H47N3O5/c1-21(2)17-24(19-29(36)33-8)34-31(38)27(18-23-13-15-25(16-14-23)40-32(5,6)7)35-30(37)20-39-28-12-10-9-11-26(28)22(3)4/h9-16,21-22,24,27H,17-20H2,1-8H3,(H,33,36)(H,34,38)(H,35,37)/t24?,27-/m1/s1. The highest BCUT2D eigenvalue weighted by Gasteiger charge is 2.26. The van der Waals surface area contributed by atoms with Crippen LogP contribution in [0.1, 0.15) is 78.4 Å². The molecule has 1 unspecified atom stereocenters. The minimum atomic E-state index is -0.856. The Labute approximate surface area is 239 Å². The van der Waals surface area contributed by atoms with Crippen LogP contribution in [0.25, 0.3) is 0 Å². The maximum atomic E-state index is 13.5. The Morgan fingerprint density at radius 2 is 1.52 bits per heavy atom. The zero-order chi connectivity index (χ0) is 29.9. The van der Waals surface area contributed by atoms with Gasteiger partial charge in [0.15, 0.2) is 6.61 Å². The van der Waals surface area contributed by atoms with Crippen LogP contribution in [0.2, 0.25) is 0 Å². The Kier molecular flexibility index (Phi) is 12.5. The number of hydrogen-bond donors (Lipinski definition) is 3. The van der Waals surface area contributed by atoms with E-state index in [2.05, 4.69) is 29.8 Å². The molecule has 0 spiro atoms. The topological polar surface area (TPSA) is 106 Å². The third-order valence-electron chi connectivity index (χ3n) is 6.15. The van der Waals surface area contributed by atoms with E-state index in [9.17, 15) is 14.4 Å². The molecule has 0 heterocycles. The Bertz CT molecular complexity index is 1110. The first-order valence-electron chi connectivity index (χ1n) is 14.1. The third-order valence-corrected chi connectivity index (χ3v) is 6.15. The zero-order valence-electron chi connectivity index (χ0n) is 25.3. The molecule has 220 valence electrons. The fourth-order valence-corrected chi connectivity index (χ4v) is 4.35. The van der Waals surface area contributed by atoms with Gasteiger partial charge in [0.05, 0.1) is 0 Å². The second kappa shape index (κ2) is 15.3. The van der Waals surface area contributed by atoms with Crippen molar-refractivity contribution in [2.75, 3.05) is 13.7 Å². The van der Waals surface area contributed by atoms with Crippen LogP contribution in [-0.4, -0.2) is 49.1 Å². The highest BCUT2D eigenvalue weighted by atomic mass is 16.5. The summed E-state index contributed by atoms with van der Waals surface area (Å²) >= 11 is 0. The summed E-state index contributed by atoms with van der Waals surface area (Å²) in [7, 11) is 1.57. The van der Waals surface area contributed by atoms with Crippen LogP contribution in [0.3, 0.4) is 0 Å². The van der Waals surface area contributed by atoms with E-state index in [1.807, 2.05) is 83.1 Å². The third kappa shape index (κ3) is 11.7. The smallest absolute Gasteiger partial charge is 0.258 e. The van der Waals surface area contributed by atoms with Crippen molar-refractivity contribution in [3.63, 3.8) is 0 Å². The van der Waals surface area contributed by atoms with Crippen LogP contribution in [-0.2, 0) is 20.8 Å². The molecular weight excluding hydrogens is 506 g/mol. The normalized spacial score (nSPS) is 12.9. The first-order chi connectivity index (χ1) is 18.8. The molecule has 0 saturated heterocycles. The lowest BCUT2D eigenvalue weighted by atomic mass is 9.99. The van der Waals surface area contributed by atoms with Gasteiger partial charge in [-0.3, -0.25) is 14.4 Å². The van der Waals surface area contributed by atoms with Gasteiger partial charge in [-0.05, 0) is 68.4 Å². The van der Waals surface area contributed by atoms with E-state index in [4.69, 9.17) is 9.47 Å². The molecule has 0 bridgehead atoms. The van der Waals surface area contributed by atoms with E-state index < -0.39 is 11.9 Å². The van der Waals surface area contributed by atoms with Gasteiger partial charge in [0.1, 0.15) is 23.1 Å². The summed E-state index contributed by atoms with van der Waals surface area (Å²) in [5.41, 5.74) is 1.54. The highest BCUT2D eigenvalue weighted by molar-refractivity contribution is 5.89. The van der Waals surface area contributed by atoms with Crippen LogP contribution >= 0.6 is 0 Å². The molecule has 2 aromatic carbocycles. The fraction of sp³-hybridized carbons (Fsp3) is 0.531. The molecule has 2 aromatic rings. The first-order valence-corrected chi connectivity index (χ1v) is 14.1. The molecule has 0 saturated carbocycles. The molecule has 0 aliphatic heterocycles. The predicted molar refractivity (Wildman–Crippen MR) is 159 cm³/mol. The molecule has 40 heavy (non-hydrogen) atoms. The highest BCUT2D eigenvalue weighted by Crippen LogP contribution is 2.25. The van der Waals surface area contributed by atoms with Crippen molar-refractivity contribution >= 4 is 17.7 Å². The van der Waals surface area contributed by atoms with Gasteiger partial charge in [-0.15, -0.1) is 0 Å². The minimum Gasteiger partial charge on any atom is -0.488 e. The number of para-hydroxylation sites is 1. The lowest BCUT2D eigenvalue weighted by molar-refractivity contribution is -0.130. The number of carbonyl (C=O) groups is 3. The lowest BCUT2D eigenvalue weighted by Gasteiger charge is -2.25. The van der Waals surface area contributed by atoms with Crippen LogP contribution in [0.5, 0.6) is 11.5 Å². The molecule has 0 fully saturated rings. The molecule has 2 rings (SSSR count). The van der Waals surface area contributed by atoms with E-state index in [-0.39, 0.29) is 54.7 Å². The van der Waals surface area contributed by atoms with Gasteiger partial charge in [-0.25, -0.2) is 0 Å². The molecule has 8 heteroatoms. The first kappa shape index (κ1) is 32.7. The zero-order valence-corrected chi connectivity index (χ0v) is 25.3. The number of carbonyl (C=O) groups excluding carboxylic acids is 3. The molecular formula is C32H47N3O5. The van der Waals surface area contributed by atoms with Crippen molar-refractivity contribution in [1.82, 2.24) is 16.0 Å². The second-order valence-electron chi connectivity index (χ2n) is 11.9. The van der Waals surface area contributed by atoms with E-state index in [1.54, 1.807) is 7.05 Å². The summed E-state index contributed by atoms with van der Waals surface area (Å²) in [5, 5.41) is 8.48. The maximum Gasteiger partial charge on any atom is 0.258 e. The Morgan fingerprint density at radius 1 is 0.875 bits per heavy atom. The molecule has 0 aliphatic carbocycles. The summed E-state index contributed by atoms with van der Waals surface area (Å²) in [4.78, 5) is 38.6. The van der Waals surface area contributed by atoms with Gasteiger partial charge in [-0.2, -0.15) is 0 Å². The number of hydrogen-bond acceptors (Lipinski definition) is 5. The summed E-state index contributed by atoms with van der Waals surface area (Å²) in [6, 6.07) is 13.9. The minimum absolute atomic E-state index is 0.154. The van der Waals surface area contributed by atoms with Crippen LogP contribution < -0.4 is 25.4 Å². The molecule has 3 amide bonds. The monoisotopic (exact) mass is 553 g/mol. The van der Waals surface area contributed by atoms with Gasteiger partial charge in [0, 0.05) is 25.9 Å². The maximum absolute atomic E-state index is 13.5. The lowest BCUT2D eigenvalue weighted by Crippen LogP contribution is -2.52. The number of nitrogens with one attached hydrogen (secondary N) is 3. The van der Waals surface area contributed by atoms with Crippen molar-refractivity contribution in [1.29, 1.82) is 0 Å². The number of amides is 3. The number of rotatable bonds is 14. The molecule has 2 atom stereocenters. The SMILES string of the molecule is CNC(=O)CC(CC(C)C)NC(=O)[C@@H](Cc1ccc(OC(C)(C)C)cc1)NC(=O)COc1ccccc1C(C)C. The van der Waals surface area contributed by atoms with E-state index in [0.29, 0.717) is 12.2 Å². The van der Waals surface area contributed by atoms with Crippen LogP contribution in [0.4, 0.5) is 0 Å².